The van der Waals surface area contributed by atoms with Gasteiger partial charge in [-0.2, -0.15) is 0 Å². The molecule has 0 heterocycles. The molecular formula is C19H21NO4. The molecule has 0 saturated carbocycles. The fourth-order valence-corrected chi connectivity index (χ4v) is 2.19. The summed E-state index contributed by atoms with van der Waals surface area (Å²) in [5, 5.41) is 12.6. The SMILES string of the molecule is COc1ccc(C(=O)/C=C/Nc2cccc([C@@H](C)O)c2)cc1OC. The van der Waals surface area contributed by atoms with Gasteiger partial charge in [0.1, 0.15) is 0 Å². The van der Waals surface area contributed by atoms with Gasteiger partial charge in [0.05, 0.1) is 20.3 Å². The lowest BCUT2D eigenvalue weighted by atomic mass is 10.1. The van der Waals surface area contributed by atoms with Gasteiger partial charge in [0.25, 0.3) is 0 Å². The second-order valence-electron chi connectivity index (χ2n) is 5.21. The van der Waals surface area contributed by atoms with Gasteiger partial charge >= 0.3 is 0 Å². The lowest BCUT2D eigenvalue weighted by Gasteiger charge is -2.08. The fraction of sp³-hybridized carbons (Fsp3) is 0.211. The smallest absolute Gasteiger partial charge is 0.187 e. The minimum atomic E-state index is -0.538. The van der Waals surface area contributed by atoms with Crippen LogP contribution in [0.1, 0.15) is 28.9 Å². The highest BCUT2D eigenvalue weighted by Crippen LogP contribution is 2.27. The highest BCUT2D eigenvalue weighted by Gasteiger charge is 2.08. The van der Waals surface area contributed by atoms with E-state index in [1.807, 2.05) is 24.3 Å². The zero-order valence-electron chi connectivity index (χ0n) is 13.9. The molecule has 0 saturated heterocycles. The summed E-state index contributed by atoms with van der Waals surface area (Å²) in [6, 6.07) is 12.4. The van der Waals surface area contributed by atoms with Crippen LogP contribution in [0.15, 0.2) is 54.7 Å². The third-order valence-corrected chi connectivity index (χ3v) is 3.52. The van der Waals surface area contributed by atoms with Crippen molar-refractivity contribution in [2.75, 3.05) is 19.5 Å². The Morgan fingerprint density at radius 3 is 2.54 bits per heavy atom. The molecule has 1 atom stereocenters. The number of carbonyl (C=O) groups excluding carboxylic acids is 1. The molecule has 0 bridgehead atoms. The van der Waals surface area contributed by atoms with Crippen molar-refractivity contribution in [3.8, 4) is 11.5 Å². The number of carbonyl (C=O) groups is 1. The zero-order chi connectivity index (χ0) is 17.5. The standard InChI is InChI=1S/C19H21NO4/c1-13(21)14-5-4-6-16(11-14)20-10-9-17(22)15-7-8-18(23-2)19(12-15)24-3/h4-13,20-21H,1-3H3/b10-9+/t13-/m1/s1. The molecule has 0 aliphatic heterocycles. The van der Waals surface area contributed by atoms with Crippen molar-refractivity contribution in [1.82, 2.24) is 0 Å². The molecule has 2 aromatic carbocycles. The van der Waals surface area contributed by atoms with E-state index < -0.39 is 6.10 Å². The molecule has 2 N–H and O–H groups in total. The molecule has 0 aliphatic carbocycles. The monoisotopic (exact) mass is 327 g/mol. The van der Waals surface area contributed by atoms with E-state index >= 15 is 0 Å². The molecule has 2 aromatic rings. The maximum Gasteiger partial charge on any atom is 0.187 e. The van der Waals surface area contributed by atoms with Crippen LogP contribution in [0.25, 0.3) is 0 Å². The summed E-state index contributed by atoms with van der Waals surface area (Å²) in [4.78, 5) is 12.2. The summed E-state index contributed by atoms with van der Waals surface area (Å²) in [5.74, 6) is 0.926. The zero-order valence-corrected chi connectivity index (χ0v) is 13.9. The van der Waals surface area contributed by atoms with E-state index in [-0.39, 0.29) is 5.78 Å². The van der Waals surface area contributed by atoms with Crippen molar-refractivity contribution in [2.45, 2.75) is 13.0 Å². The third kappa shape index (κ3) is 4.36. The van der Waals surface area contributed by atoms with Crippen molar-refractivity contribution in [3.63, 3.8) is 0 Å². The molecule has 24 heavy (non-hydrogen) atoms. The summed E-state index contributed by atoms with van der Waals surface area (Å²) in [5.41, 5.74) is 2.10. The number of ketones is 1. The van der Waals surface area contributed by atoms with Gasteiger partial charge in [-0.3, -0.25) is 4.79 Å². The molecule has 0 radical (unpaired) electrons. The second kappa shape index (κ2) is 8.17. The van der Waals surface area contributed by atoms with E-state index in [1.54, 1.807) is 38.4 Å². The number of allylic oxidation sites excluding steroid dienone is 1. The maximum absolute atomic E-state index is 12.2. The number of benzene rings is 2. The Labute approximate surface area is 141 Å². The highest BCUT2D eigenvalue weighted by atomic mass is 16.5. The quantitative estimate of drug-likeness (QED) is 0.601. The molecule has 126 valence electrons. The number of aliphatic hydroxyl groups is 1. The first-order valence-electron chi connectivity index (χ1n) is 7.52. The Morgan fingerprint density at radius 2 is 1.88 bits per heavy atom. The molecular weight excluding hydrogens is 306 g/mol. The Morgan fingerprint density at radius 1 is 1.12 bits per heavy atom. The van der Waals surface area contributed by atoms with Gasteiger partial charge in [-0.1, -0.05) is 12.1 Å². The number of rotatable bonds is 7. The van der Waals surface area contributed by atoms with Crippen LogP contribution >= 0.6 is 0 Å². The third-order valence-electron chi connectivity index (χ3n) is 3.52. The van der Waals surface area contributed by atoms with Gasteiger partial charge in [-0.15, -0.1) is 0 Å². The summed E-state index contributed by atoms with van der Waals surface area (Å²) in [6.45, 7) is 1.70. The molecule has 0 spiro atoms. The van der Waals surface area contributed by atoms with Crippen molar-refractivity contribution < 1.29 is 19.4 Å². The predicted molar refractivity (Wildman–Crippen MR) is 93.7 cm³/mol. The molecule has 0 aromatic heterocycles. The molecule has 0 aliphatic rings. The van der Waals surface area contributed by atoms with Crippen LogP contribution in [0.4, 0.5) is 5.69 Å². The van der Waals surface area contributed by atoms with Crippen LogP contribution in [0.3, 0.4) is 0 Å². The Balaban J connectivity index is 2.06. The second-order valence-corrected chi connectivity index (χ2v) is 5.21. The minimum Gasteiger partial charge on any atom is -0.493 e. The number of methoxy groups -OCH3 is 2. The highest BCUT2D eigenvalue weighted by molar-refractivity contribution is 6.05. The van der Waals surface area contributed by atoms with Gasteiger partial charge in [0, 0.05) is 23.5 Å². The number of aliphatic hydroxyl groups excluding tert-OH is 1. The first kappa shape index (κ1) is 17.6. The molecule has 5 heteroatoms. The van der Waals surface area contributed by atoms with Crippen LogP contribution in [-0.2, 0) is 0 Å². The summed E-state index contributed by atoms with van der Waals surface area (Å²) in [6.07, 6.45) is 2.47. The number of anilines is 1. The molecule has 0 fully saturated rings. The average Bonchev–Trinajstić information content (AvgIpc) is 2.61. The lowest BCUT2D eigenvalue weighted by molar-refractivity contribution is 0.104. The van der Waals surface area contributed by atoms with E-state index in [9.17, 15) is 9.90 Å². The van der Waals surface area contributed by atoms with Crippen LogP contribution in [-0.4, -0.2) is 25.1 Å². The van der Waals surface area contributed by atoms with Gasteiger partial charge in [0.2, 0.25) is 0 Å². The predicted octanol–water partition coefficient (Wildman–Crippen LogP) is 3.57. The van der Waals surface area contributed by atoms with Crippen LogP contribution in [0.5, 0.6) is 11.5 Å². The van der Waals surface area contributed by atoms with Crippen molar-refractivity contribution in [3.05, 3.63) is 65.9 Å². The van der Waals surface area contributed by atoms with Crippen molar-refractivity contribution in [1.29, 1.82) is 0 Å². The topological polar surface area (TPSA) is 67.8 Å². The first-order valence-corrected chi connectivity index (χ1v) is 7.52. The van der Waals surface area contributed by atoms with Gasteiger partial charge in [0.15, 0.2) is 17.3 Å². The largest absolute Gasteiger partial charge is 0.493 e. The number of hydrogen-bond acceptors (Lipinski definition) is 5. The van der Waals surface area contributed by atoms with Crippen molar-refractivity contribution >= 4 is 11.5 Å². The summed E-state index contributed by atoms with van der Waals surface area (Å²) >= 11 is 0. The number of nitrogens with one attached hydrogen (secondary N) is 1. The minimum absolute atomic E-state index is 0.157. The molecule has 0 amide bonds. The van der Waals surface area contributed by atoms with E-state index in [1.165, 1.54) is 13.2 Å². The van der Waals surface area contributed by atoms with Crippen LogP contribution in [0.2, 0.25) is 0 Å². The Kier molecular flexibility index (Phi) is 5.98. The lowest BCUT2D eigenvalue weighted by Crippen LogP contribution is -1.99. The van der Waals surface area contributed by atoms with Crippen molar-refractivity contribution in [2.24, 2.45) is 0 Å². The first-order chi connectivity index (χ1) is 11.5. The van der Waals surface area contributed by atoms with E-state index in [0.29, 0.717) is 17.1 Å². The van der Waals surface area contributed by atoms with Gasteiger partial charge in [-0.05, 0) is 42.8 Å². The summed E-state index contributed by atoms with van der Waals surface area (Å²) < 4.78 is 10.3. The Bertz CT molecular complexity index is 738. The van der Waals surface area contributed by atoms with E-state index in [0.717, 1.165) is 11.3 Å². The van der Waals surface area contributed by atoms with Gasteiger partial charge < -0.3 is 19.9 Å². The molecule has 0 unspecified atom stereocenters. The normalized spacial score (nSPS) is 12.0. The number of hydrogen-bond donors (Lipinski definition) is 2. The fourth-order valence-electron chi connectivity index (χ4n) is 2.19. The maximum atomic E-state index is 12.2. The van der Waals surface area contributed by atoms with E-state index in [4.69, 9.17) is 9.47 Å². The average molecular weight is 327 g/mol. The Hall–Kier alpha value is -2.79. The molecule has 5 nitrogen and oxygen atoms in total. The van der Waals surface area contributed by atoms with Crippen LogP contribution < -0.4 is 14.8 Å². The van der Waals surface area contributed by atoms with E-state index in [2.05, 4.69) is 5.32 Å². The number of ether oxygens (including phenoxy) is 2. The summed E-state index contributed by atoms with van der Waals surface area (Å²) in [7, 11) is 3.07. The van der Waals surface area contributed by atoms with Crippen LogP contribution in [0, 0.1) is 0 Å². The molecule has 2 rings (SSSR count). The van der Waals surface area contributed by atoms with Gasteiger partial charge in [-0.25, -0.2) is 0 Å².